The van der Waals surface area contributed by atoms with Gasteiger partial charge < -0.3 is 14.2 Å². The number of rotatable bonds is 9. The van der Waals surface area contributed by atoms with E-state index in [1.165, 1.54) is 58.5 Å². The molecule has 0 aromatic rings. The summed E-state index contributed by atoms with van der Waals surface area (Å²) in [5.41, 5.74) is 0. The lowest BCUT2D eigenvalue weighted by Gasteiger charge is -2.38. The molecule has 0 N–H and O–H groups in total. The van der Waals surface area contributed by atoms with E-state index in [0.29, 0.717) is 25.4 Å². The third kappa shape index (κ3) is 7.76. The minimum absolute atomic E-state index is 0.0206. The quantitative estimate of drug-likeness (QED) is 0.338. The summed E-state index contributed by atoms with van der Waals surface area (Å²) in [6.07, 6.45) is 13.7. The van der Waals surface area contributed by atoms with Crippen LogP contribution in [0.1, 0.15) is 97.8 Å². The molecule has 2 fully saturated rings. The van der Waals surface area contributed by atoms with Crippen molar-refractivity contribution in [3.8, 4) is 0 Å². The zero-order chi connectivity index (χ0) is 22.6. The number of allylic oxidation sites excluding steroid dienone is 4. The number of hydrogen-bond acceptors (Lipinski definition) is 3. The van der Waals surface area contributed by atoms with E-state index in [1.54, 1.807) is 0 Å². The first-order valence-electron chi connectivity index (χ1n) is 12.7. The lowest BCUT2D eigenvalue weighted by atomic mass is 9.73. The number of halogens is 2. The van der Waals surface area contributed by atoms with Gasteiger partial charge in [0.25, 0.3) is 0 Å². The molecule has 0 aromatic heterocycles. The van der Waals surface area contributed by atoms with E-state index in [9.17, 15) is 8.78 Å². The van der Waals surface area contributed by atoms with Crippen LogP contribution >= 0.6 is 0 Å². The summed E-state index contributed by atoms with van der Waals surface area (Å²) in [5.74, 6) is 0.695. The zero-order valence-electron chi connectivity index (χ0n) is 20.2. The van der Waals surface area contributed by atoms with Crippen LogP contribution in [-0.4, -0.2) is 26.4 Å². The van der Waals surface area contributed by atoms with Gasteiger partial charge in [-0.05, 0) is 43.4 Å². The van der Waals surface area contributed by atoms with Crippen LogP contribution in [0, 0.1) is 17.8 Å². The van der Waals surface area contributed by atoms with Gasteiger partial charge in [0.2, 0.25) is 0 Å². The van der Waals surface area contributed by atoms with E-state index in [-0.39, 0.29) is 17.6 Å². The zero-order valence-corrected chi connectivity index (χ0v) is 20.2. The Labute approximate surface area is 188 Å². The number of hydrogen-bond donors (Lipinski definition) is 0. The summed E-state index contributed by atoms with van der Waals surface area (Å²) in [7, 11) is 1.36. The standard InChI is InChI=1S/C24H38F2O3.C2H6/c1-3-4-5-6-17-7-9-18(10-8-17)19-11-12-20(28-15-19)16-29-22-14-13-21(27-2)23(25)24(22)26;1-2/h17-20H,3-16H2,1-2H3;1-2H3. The lowest BCUT2D eigenvalue weighted by molar-refractivity contribution is -0.0670. The summed E-state index contributed by atoms with van der Waals surface area (Å²) >= 11 is 0. The molecule has 180 valence electrons. The number of ether oxygens (including phenoxy) is 3. The van der Waals surface area contributed by atoms with Crippen molar-refractivity contribution in [1.29, 1.82) is 0 Å². The average molecular weight is 443 g/mol. The third-order valence-corrected chi connectivity index (χ3v) is 7.13. The van der Waals surface area contributed by atoms with E-state index in [0.717, 1.165) is 31.3 Å². The highest BCUT2D eigenvalue weighted by atomic mass is 19.2. The maximum absolute atomic E-state index is 14.1. The molecule has 1 saturated carbocycles. The average Bonchev–Trinajstić information content (AvgIpc) is 2.82. The highest BCUT2D eigenvalue weighted by Crippen LogP contribution is 2.39. The molecule has 5 heteroatoms. The molecule has 0 aromatic carbocycles. The maximum atomic E-state index is 14.1. The Morgan fingerprint density at radius 3 is 2.13 bits per heavy atom. The molecule has 1 heterocycles. The molecule has 2 atom stereocenters. The molecule has 2 aliphatic carbocycles. The summed E-state index contributed by atoms with van der Waals surface area (Å²) < 4.78 is 44.4. The van der Waals surface area contributed by atoms with E-state index >= 15 is 0 Å². The molecule has 1 saturated heterocycles. The van der Waals surface area contributed by atoms with Gasteiger partial charge in [0.15, 0.2) is 11.7 Å². The Bertz CT molecular complexity index is 571. The number of unbranched alkanes of at least 4 members (excludes halogenated alkanes) is 2. The molecule has 3 aliphatic rings. The summed E-state index contributed by atoms with van der Waals surface area (Å²) in [6.45, 7) is 7.35. The SMILES string of the molecule is CC.CCCCCC1CCC(C2CCC(COC3=C(F)C(F)=C(OC)CC3)OC2)CC1. The van der Waals surface area contributed by atoms with Crippen molar-refractivity contribution in [3.05, 3.63) is 23.2 Å². The van der Waals surface area contributed by atoms with Gasteiger partial charge in [-0.2, -0.15) is 8.78 Å². The van der Waals surface area contributed by atoms with E-state index in [4.69, 9.17) is 14.2 Å². The Kier molecular flexibility index (Phi) is 11.9. The first kappa shape index (κ1) is 26.2. The minimum Gasteiger partial charge on any atom is -0.498 e. The van der Waals surface area contributed by atoms with Crippen LogP contribution in [0.5, 0.6) is 0 Å². The van der Waals surface area contributed by atoms with Gasteiger partial charge in [-0.15, -0.1) is 0 Å². The lowest BCUT2D eigenvalue weighted by Crippen LogP contribution is -2.34. The van der Waals surface area contributed by atoms with Crippen LogP contribution in [-0.2, 0) is 14.2 Å². The first-order chi connectivity index (χ1) is 15.1. The molecular formula is C26H44F2O3. The fourth-order valence-corrected chi connectivity index (χ4v) is 5.17. The predicted octanol–water partition coefficient (Wildman–Crippen LogP) is 8.01. The van der Waals surface area contributed by atoms with Crippen molar-refractivity contribution in [1.82, 2.24) is 0 Å². The van der Waals surface area contributed by atoms with Crippen molar-refractivity contribution in [3.63, 3.8) is 0 Å². The molecule has 0 amide bonds. The van der Waals surface area contributed by atoms with Crippen molar-refractivity contribution >= 4 is 0 Å². The molecule has 31 heavy (non-hydrogen) atoms. The Balaban J connectivity index is 0.00000166. The maximum Gasteiger partial charge on any atom is 0.199 e. The minimum atomic E-state index is -0.927. The van der Waals surface area contributed by atoms with E-state index < -0.39 is 11.7 Å². The largest absolute Gasteiger partial charge is 0.498 e. The Hall–Kier alpha value is -1.10. The van der Waals surface area contributed by atoms with Crippen LogP contribution in [0.3, 0.4) is 0 Å². The smallest absolute Gasteiger partial charge is 0.199 e. The fourth-order valence-electron chi connectivity index (χ4n) is 5.17. The summed E-state index contributed by atoms with van der Waals surface area (Å²) in [4.78, 5) is 0. The molecule has 0 bridgehead atoms. The van der Waals surface area contributed by atoms with Gasteiger partial charge in [-0.1, -0.05) is 59.3 Å². The number of methoxy groups -OCH3 is 1. The first-order valence-corrected chi connectivity index (χ1v) is 12.7. The second-order valence-electron chi connectivity index (χ2n) is 9.06. The summed E-state index contributed by atoms with van der Waals surface area (Å²) in [6, 6.07) is 0. The van der Waals surface area contributed by atoms with Crippen LogP contribution < -0.4 is 0 Å². The van der Waals surface area contributed by atoms with E-state index in [1.807, 2.05) is 13.8 Å². The fraction of sp³-hybridized carbons (Fsp3) is 0.846. The Morgan fingerprint density at radius 2 is 1.52 bits per heavy atom. The highest BCUT2D eigenvalue weighted by molar-refractivity contribution is 5.29. The second kappa shape index (κ2) is 14.1. The molecule has 0 radical (unpaired) electrons. The third-order valence-electron chi connectivity index (χ3n) is 7.13. The van der Waals surface area contributed by atoms with Crippen LogP contribution in [0.4, 0.5) is 8.78 Å². The van der Waals surface area contributed by atoms with Crippen molar-refractivity contribution in [2.75, 3.05) is 20.3 Å². The van der Waals surface area contributed by atoms with E-state index in [2.05, 4.69) is 6.92 Å². The van der Waals surface area contributed by atoms with Gasteiger partial charge in [0.1, 0.15) is 18.1 Å². The normalized spacial score (nSPS) is 29.4. The van der Waals surface area contributed by atoms with Gasteiger partial charge in [-0.25, -0.2) is 0 Å². The van der Waals surface area contributed by atoms with Gasteiger partial charge in [0, 0.05) is 12.8 Å². The predicted molar refractivity (Wildman–Crippen MR) is 122 cm³/mol. The second-order valence-corrected chi connectivity index (χ2v) is 9.06. The van der Waals surface area contributed by atoms with Crippen molar-refractivity contribution in [2.24, 2.45) is 17.8 Å². The molecule has 0 spiro atoms. The van der Waals surface area contributed by atoms with Gasteiger partial charge in [-0.3, -0.25) is 0 Å². The molecular weight excluding hydrogens is 398 g/mol. The van der Waals surface area contributed by atoms with Crippen LogP contribution in [0.2, 0.25) is 0 Å². The van der Waals surface area contributed by atoms with Crippen molar-refractivity contribution in [2.45, 2.75) is 104 Å². The topological polar surface area (TPSA) is 27.7 Å². The highest BCUT2D eigenvalue weighted by Gasteiger charge is 2.32. The molecule has 3 nitrogen and oxygen atoms in total. The van der Waals surface area contributed by atoms with Crippen LogP contribution in [0.25, 0.3) is 0 Å². The summed E-state index contributed by atoms with van der Waals surface area (Å²) in [5, 5.41) is 0. The molecule has 2 unspecified atom stereocenters. The molecule has 1 aliphatic heterocycles. The molecule has 3 rings (SSSR count). The van der Waals surface area contributed by atoms with Gasteiger partial charge in [0.05, 0.1) is 19.8 Å². The van der Waals surface area contributed by atoms with Crippen LogP contribution in [0.15, 0.2) is 23.2 Å². The monoisotopic (exact) mass is 442 g/mol. The van der Waals surface area contributed by atoms with Crippen molar-refractivity contribution < 1.29 is 23.0 Å². The Morgan fingerprint density at radius 1 is 0.871 bits per heavy atom. The van der Waals surface area contributed by atoms with Gasteiger partial charge >= 0.3 is 0 Å².